The summed E-state index contributed by atoms with van der Waals surface area (Å²) in [6.07, 6.45) is 2.19. The van der Waals surface area contributed by atoms with Gasteiger partial charge in [0.15, 0.2) is 0 Å². The molecule has 0 amide bonds. The molecule has 15 heavy (non-hydrogen) atoms. The highest BCUT2D eigenvalue weighted by atomic mass is 35.5. The van der Waals surface area contributed by atoms with Crippen LogP contribution in [-0.4, -0.2) is 18.3 Å². The van der Waals surface area contributed by atoms with Gasteiger partial charge in [0.05, 0.1) is 16.7 Å². The lowest BCUT2D eigenvalue weighted by Gasteiger charge is -2.14. The Bertz CT molecular complexity index is 364. The van der Waals surface area contributed by atoms with Crippen LogP contribution in [0.3, 0.4) is 0 Å². The molecule has 1 saturated carbocycles. The Labute approximate surface area is 99.2 Å². The van der Waals surface area contributed by atoms with E-state index in [1.165, 1.54) is 0 Å². The van der Waals surface area contributed by atoms with Gasteiger partial charge in [0.2, 0.25) is 0 Å². The molecule has 4 heteroatoms. The van der Waals surface area contributed by atoms with Crippen LogP contribution in [0.2, 0.25) is 10.0 Å². The van der Waals surface area contributed by atoms with Crippen LogP contribution in [0.15, 0.2) is 18.2 Å². The molecular formula is C11H13Cl2NO. The predicted octanol–water partition coefficient (Wildman–Crippen LogP) is 3.18. The lowest BCUT2D eigenvalue weighted by molar-refractivity contribution is 0.220. The smallest absolute Gasteiger partial charge is 0.0612 e. The van der Waals surface area contributed by atoms with E-state index in [-0.39, 0.29) is 12.0 Å². The van der Waals surface area contributed by atoms with E-state index >= 15 is 0 Å². The first-order valence-electron chi connectivity index (χ1n) is 4.95. The maximum Gasteiger partial charge on any atom is 0.0612 e. The van der Waals surface area contributed by atoms with E-state index in [2.05, 4.69) is 5.32 Å². The van der Waals surface area contributed by atoms with E-state index in [0.717, 1.165) is 25.1 Å². The lowest BCUT2D eigenvalue weighted by Crippen LogP contribution is -2.18. The Balaban J connectivity index is 1.96. The Morgan fingerprint density at radius 2 is 2.00 bits per heavy atom. The van der Waals surface area contributed by atoms with Gasteiger partial charge in [-0.2, -0.15) is 0 Å². The zero-order valence-corrected chi connectivity index (χ0v) is 9.78. The molecule has 82 valence electrons. The largest absolute Gasteiger partial charge is 0.396 e. The summed E-state index contributed by atoms with van der Waals surface area (Å²) >= 11 is 11.7. The molecule has 0 unspecified atom stereocenters. The lowest BCUT2D eigenvalue weighted by atomic mass is 10.1. The molecule has 1 aliphatic rings. The van der Waals surface area contributed by atoms with Crippen molar-refractivity contribution in [3.8, 4) is 0 Å². The van der Waals surface area contributed by atoms with Gasteiger partial charge < -0.3 is 10.4 Å². The molecule has 0 radical (unpaired) electrons. The Kier molecular flexibility index (Phi) is 3.10. The molecule has 2 N–H and O–H groups in total. The zero-order chi connectivity index (χ0) is 10.9. The third kappa shape index (κ3) is 2.57. The van der Waals surface area contributed by atoms with Crippen molar-refractivity contribution in [3.05, 3.63) is 28.2 Å². The van der Waals surface area contributed by atoms with Crippen LogP contribution in [0.25, 0.3) is 0 Å². The van der Waals surface area contributed by atoms with E-state index in [1.54, 1.807) is 12.1 Å². The highest BCUT2D eigenvalue weighted by Gasteiger charge is 2.41. The minimum Gasteiger partial charge on any atom is -0.396 e. The van der Waals surface area contributed by atoms with Gasteiger partial charge >= 0.3 is 0 Å². The number of aliphatic hydroxyl groups excluding tert-OH is 1. The standard InChI is InChI=1S/C11H13Cl2NO/c12-9-2-1-8(5-10(9)13)14-6-11(7-15)3-4-11/h1-2,5,14-15H,3-4,6-7H2. The maximum absolute atomic E-state index is 9.15. The van der Waals surface area contributed by atoms with Crippen molar-refractivity contribution < 1.29 is 5.11 Å². The van der Waals surface area contributed by atoms with E-state index in [4.69, 9.17) is 28.3 Å². The van der Waals surface area contributed by atoms with Gasteiger partial charge in [0.1, 0.15) is 0 Å². The van der Waals surface area contributed by atoms with Crippen molar-refractivity contribution in [1.82, 2.24) is 0 Å². The normalized spacial score (nSPS) is 17.5. The van der Waals surface area contributed by atoms with Gasteiger partial charge in [-0.15, -0.1) is 0 Å². The third-order valence-electron chi connectivity index (χ3n) is 2.88. The van der Waals surface area contributed by atoms with E-state index in [9.17, 15) is 0 Å². The summed E-state index contributed by atoms with van der Waals surface area (Å²) < 4.78 is 0. The molecular weight excluding hydrogens is 233 g/mol. The van der Waals surface area contributed by atoms with Crippen molar-refractivity contribution in [1.29, 1.82) is 0 Å². The summed E-state index contributed by atoms with van der Waals surface area (Å²) in [5.41, 5.74) is 1.05. The van der Waals surface area contributed by atoms with Gasteiger partial charge in [-0.1, -0.05) is 23.2 Å². The maximum atomic E-state index is 9.15. The Morgan fingerprint density at radius 1 is 1.27 bits per heavy atom. The number of anilines is 1. The third-order valence-corrected chi connectivity index (χ3v) is 3.62. The summed E-state index contributed by atoms with van der Waals surface area (Å²) in [6.45, 7) is 1.04. The molecule has 0 aromatic heterocycles. The summed E-state index contributed by atoms with van der Waals surface area (Å²) in [7, 11) is 0. The molecule has 1 fully saturated rings. The number of rotatable bonds is 4. The number of nitrogens with one attached hydrogen (secondary N) is 1. The molecule has 0 saturated heterocycles. The van der Waals surface area contributed by atoms with Crippen molar-refractivity contribution in [3.63, 3.8) is 0 Å². The fraction of sp³-hybridized carbons (Fsp3) is 0.455. The molecule has 1 aromatic rings. The monoisotopic (exact) mass is 245 g/mol. The van der Waals surface area contributed by atoms with E-state index in [0.29, 0.717) is 10.0 Å². The second kappa shape index (κ2) is 4.20. The first-order chi connectivity index (χ1) is 7.15. The van der Waals surface area contributed by atoms with Crippen molar-refractivity contribution in [2.45, 2.75) is 12.8 Å². The van der Waals surface area contributed by atoms with Crippen molar-refractivity contribution in [2.75, 3.05) is 18.5 Å². The molecule has 0 spiro atoms. The highest BCUT2D eigenvalue weighted by Crippen LogP contribution is 2.45. The molecule has 0 atom stereocenters. The summed E-state index contributed by atoms with van der Waals surface area (Å²) in [6, 6.07) is 5.46. The minimum absolute atomic E-state index is 0.103. The quantitative estimate of drug-likeness (QED) is 0.855. The van der Waals surface area contributed by atoms with Crippen LogP contribution in [0.5, 0.6) is 0 Å². The van der Waals surface area contributed by atoms with Crippen LogP contribution in [0, 0.1) is 5.41 Å². The van der Waals surface area contributed by atoms with Crippen LogP contribution in [0.4, 0.5) is 5.69 Å². The molecule has 2 nitrogen and oxygen atoms in total. The zero-order valence-electron chi connectivity index (χ0n) is 8.26. The molecule has 1 aliphatic carbocycles. The predicted molar refractivity (Wildman–Crippen MR) is 63.7 cm³/mol. The average molecular weight is 246 g/mol. The summed E-state index contributed by atoms with van der Waals surface area (Å²) in [4.78, 5) is 0. The van der Waals surface area contributed by atoms with Crippen LogP contribution in [-0.2, 0) is 0 Å². The molecule has 0 aliphatic heterocycles. The van der Waals surface area contributed by atoms with Gasteiger partial charge in [0.25, 0.3) is 0 Å². The second-order valence-corrected chi connectivity index (χ2v) is 4.95. The average Bonchev–Trinajstić information content (AvgIpc) is 3.01. The SMILES string of the molecule is OCC1(CNc2ccc(Cl)c(Cl)c2)CC1. The van der Waals surface area contributed by atoms with Crippen LogP contribution >= 0.6 is 23.2 Å². The van der Waals surface area contributed by atoms with Gasteiger partial charge in [-0.25, -0.2) is 0 Å². The molecule has 0 bridgehead atoms. The van der Waals surface area contributed by atoms with Crippen molar-refractivity contribution >= 4 is 28.9 Å². The highest BCUT2D eigenvalue weighted by molar-refractivity contribution is 6.42. The second-order valence-electron chi connectivity index (χ2n) is 4.14. The van der Waals surface area contributed by atoms with Crippen LogP contribution < -0.4 is 5.32 Å². The van der Waals surface area contributed by atoms with Gasteiger partial charge in [0, 0.05) is 17.6 Å². The van der Waals surface area contributed by atoms with E-state index in [1.807, 2.05) is 6.07 Å². The van der Waals surface area contributed by atoms with E-state index < -0.39 is 0 Å². The van der Waals surface area contributed by atoms with Gasteiger partial charge in [-0.3, -0.25) is 0 Å². The Morgan fingerprint density at radius 3 is 2.53 bits per heavy atom. The first-order valence-corrected chi connectivity index (χ1v) is 5.71. The molecule has 1 aromatic carbocycles. The van der Waals surface area contributed by atoms with Crippen LogP contribution in [0.1, 0.15) is 12.8 Å². The van der Waals surface area contributed by atoms with Crippen molar-refractivity contribution in [2.24, 2.45) is 5.41 Å². The fourth-order valence-electron chi connectivity index (χ4n) is 1.46. The summed E-state index contributed by atoms with van der Waals surface area (Å²) in [5, 5.41) is 13.5. The molecule has 2 rings (SSSR count). The first kappa shape index (κ1) is 11.1. The fourth-order valence-corrected chi connectivity index (χ4v) is 1.76. The number of hydrogen-bond donors (Lipinski definition) is 2. The topological polar surface area (TPSA) is 32.3 Å². The summed E-state index contributed by atoms with van der Waals surface area (Å²) in [5.74, 6) is 0. The minimum atomic E-state index is 0.103. The number of halogens is 2. The molecule has 0 heterocycles. The Hall–Kier alpha value is -0.440. The number of benzene rings is 1. The number of hydrogen-bond acceptors (Lipinski definition) is 2. The number of aliphatic hydroxyl groups is 1. The van der Waals surface area contributed by atoms with Gasteiger partial charge in [-0.05, 0) is 31.0 Å².